The predicted molar refractivity (Wildman–Crippen MR) is 108 cm³/mol. The molecule has 1 fully saturated rings. The number of pyridine rings is 1. The lowest BCUT2D eigenvalue weighted by atomic mass is 9.72. The first-order chi connectivity index (χ1) is 13.3. The van der Waals surface area contributed by atoms with E-state index >= 15 is 0 Å². The number of hydrogen-bond acceptors (Lipinski definition) is 4. The van der Waals surface area contributed by atoms with E-state index in [2.05, 4.69) is 27.8 Å². The number of aliphatic hydroxyl groups is 1. The highest BCUT2D eigenvalue weighted by molar-refractivity contribution is 5.79. The highest BCUT2D eigenvalue weighted by Gasteiger charge is 2.31. The van der Waals surface area contributed by atoms with Gasteiger partial charge >= 0.3 is 0 Å². The van der Waals surface area contributed by atoms with Gasteiger partial charge in [0.15, 0.2) is 11.6 Å². The lowest BCUT2D eigenvalue weighted by Crippen LogP contribution is -2.40. The van der Waals surface area contributed by atoms with E-state index in [1.54, 1.807) is 0 Å². The fraction of sp³-hybridized carbons (Fsp3) is 0.650. The van der Waals surface area contributed by atoms with Gasteiger partial charge in [-0.25, -0.2) is 0 Å². The van der Waals surface area contributed by atoms with Crippen LogP contribution < -0.4 is 10.6 Å². The van der Waals surface area contributed by atoms with E-state index < -0.39 is 0 Å². The summed E-state index contributed by atoms with van der Waals surface area (Å²) in [7, 11) is 0. The molecule has 0 aliphatic heterocycles. The van der Waals surface area contributed by atoms with E-state index in [9.17, 15) is 5.11 Å². The van der Waals surface area contributed by atoms with Gasteiger partial charge in [0, 0.05) is 38.9 Å². The van der Waals surface area contributed by atoms with Crippen LogP contribution >= 0.6 is 0 Å². The number of nitrogens with one attached hydrogen (secondary N) is 2. The van der Waals surface area contributed by atoms with Crippen LogP contribution in [0.25, 0.3) is 5.65 Å². The number of aliphatic imine (C=N–C) groups is 1. The summed E-state index contributed by atoms with van der Waals surface area (Å²) in [6.45, 7) is 4.67. The Hall–Kier alpha value is -2.15. The Morgan fingerprint density at radius 2 is 2.07 bits per heavy atom. The van der Waals surface area contributed by atoms with Gasteiger partial charge in [-0.05, 0) is 43.7 Å². The first kappa shape index (κ1) is 19.6. The molecule has 27 heavy (non-hydrogen) atoms. The van der Waals surface area contributed by atoms with Crippen molar-refractivity contribution in [3.05, 3.63) is 30.2 Å². The molecule has 1 saturated carbocycles. The number of nitrogens with zero attached hydrogens (tertiary/aromatic N) is 4. The largest absolute Gasteiger partial charge is 0.396 e. The van der Waals surface area contributed by atoms with Crippen molar-refractivity contribution in [3.63, 3.8) is 0 Å². The second-order valence-corrected chi connectivity index (χ2v) is 7.45. The average Bonchev–Trinajstić information content (AvgIpc) is 3.10. The fourth-order valence-electron chi connectivity index (χ4n) is 3.97. The number of hydrogen-bond donors (Lipinski definition) is 3. The first-order valence-electron chi connectivity index (χ1n) is 10.2. The van der Waals surface area contributed by atoms with Crippen molar-refractivity contribution in [1.29, 1.82) is 0 Å². The normalized spacial score (nSPS) is 17.2. The average molecular weight is 373 g/mol. The Morgan fingerprint density at radius 1 is 1.22 bits per heavy atom. The molecule has 1 aliphatic rings. The Morgan fingerprint density at radius 3 is 2.85 bits per heavy atom. The molecule has 7 nitrogen and oxygen atoms in total. The molecule has 2 heterocycles. The maximum Gasteiger partial charge on any atom is 0.191 e. The Bertz CT molecular complexity index is 729. The van der Waals surface area contributed by atoms with Crippen molar-refractivity contribution in [1.82, 2.24) is 25.2 Å². The van der Waals surface area contributed by atoms with Crippen LogP contribution in [0.15, 0.2) is 29.4 Å². The molecule has 1 aliphatic carbocycles. The van der Waals surface area contributed by atoms with Gasteiger partial charge in [0.2, 0.25) is 0 Å². The lowest BCUT2D eigenvalue weighted by molar-refractivity contribution is 0.137. The lowest BCUT2D eigenvalue weighted by Gasteiger charge is -2.35. The minimum Gasteiger partial charge on any atom is -0.396 e. The van der Waals surface area contributed by atoms with Gasteiger partial charge in [-0.3, -0.25) is 9.39 Å². The van der Waals surface area contributed by atoms with Crippen molar-refractivity contribution < 1.29 is 5.11 Å². The minimum absolute atomic E-state index is 0.165. The van der Waals surface area contributed by atoms with E-state index in [0.29, 0.717) is 0 Å². The zero-order chi connectivity index (χ0) is 19.0. The number of guanidine groups is 1. The molecule has 3 rings (SSSR count). The molecule has 7 heteroatoms. The maximum atomic E-state index is 9.49. The Kier molecular flexibility index (Phi) is 7.04. The minimum atomic E-state index is 0.165. The summed E-state index contributed by atoms with van der Waals surface area (Å²) in [5.74, 6) is 1.78. The summed E-state index contributed by atoms with van der Waals surface area (Å²) >= 11 is 0. The van der Waals surface area contributed by atoms with Crippen molar-refractivity contribution in [2.45, 2.75) is 51.9 Å². The summed E-state index contributed by atoms with van der Waals surface area (Å²) in [4.78, 5) is 4.85. The van der Waals surface area contributed by atoms with Gasteiger partial charge in [-0.15, -0.1) is 10.2 Å². The smallest absolute Gasteiger partial charge is 0.191 e. The molecule has 2 aromatic rings. The molecule has 0 atom stereocenters. The van der Waals surface area contributed by atoms with Crippen LogP contribution in [0.2, 0.25) is 0 Å². The summed E-state index contributed by atoms with van der Waals surface area (Å²) in [5.41, 5.74) is 1.04. The second kappa shape index (κ2) is 9.69. The van der Waals surface area contributed by atoms with Crippen LogP contribution in [0.1, 0.15) is 51.3 Å². The third kappa shape index (κ3) is 5.19. The summed E-state index contributed by atoms with van der Waals surface area (Å²) in [6.07, 6.45) is 9.76. The molecule has 0 amide bonds. The Labute approximate surface area is 161 Å². The van der Waals surface area contributed by atoms with Gasteiger partial charge in [-0.2, -0.15) is 0 Å². The van der Waals surface area contributed by atoms with Crippen molar-refractivity contribution >= 4 is 11.6 Å². The van der Waals surface area contributed by atoms with Crippen LogP contribution in [-0.4, -0.2) is 51.9 Å². The van der Waals surface area contributed by atoms with E-state index in [4.69, 9.17) is 4.99 Å². The molecular weight excluding hydrogens is 340 g/mol. The molecule has 0 aromatic carbocycles. The van der Waals surface area contributed by atoms with E-state index in [1.165, 1.54) is 32.1 Å². The standard InChI is InChI=1S/C20H32N6O/c1-2-21-19(23-16-20(12-15-27)10-5-3-6-11-20)22-13-9-18-25-24-17-8-4-7-14-26(17)18/h4,7-8,14,27H,2-3,5-6,9-13,15-16H2,1H3,(H2,21,22,23). The molecule has 3 N–H and O–H groups in total. The quantitative estimate of drug-likeness (QED) is 0.488. The molecule has 148 valence electrons. The maximum absolute atomic E-state index is 9.49. The molecule has 0 spiro atoms. The van der Waals surface area contributed by atoms with E-state index in [-0.39, 0.29) is 12.0 Å². The van der Waals surface area contributed by atoms with Crippen LogP contribution in [0.5, 0.6) is 0 Å². The molecular formula is C20H32N6O. The summed E-state index contributed by atoms with van der Waals surface area (Å²) in [6, 6.07) is 5.92. The van der Waals surface area contributed by atoms with E-state index in [0.717, 1.165) is 49.9 Å². The monoisotopic (exact) mass is 372 g/mol. The summed E-state index contributed by atoms with van der Waals surface area (Å²) < 4.78 is 2.02. The second-order valence-electron chi connectivity index (χ2n) is 7.45. The van der Waals surface area contributed by atoms with Gasteiger partial charge in [-0.1, -0.05) is 25.3 Å². The van der Waals surface area contributed by atoms with E-state index in [1.807, 2.05) is 28.8 Å². The van der Waals surface area contributed by atoms with Crippen LogP contribution in [-0.2, 0) is 6.42 Å². The number of rotatable bonds is 8. The van der Waals surface area contributed by atoms with Gasteiger partial charge < -0.3 is 15.7 Å². The number of aliphatic hydroxyl groups excluding tert-OH is 1. The Balaban J connectivity index is 1.58. The van der Waals surface area contributed by atoms with Crippen LogP contribution in [0, 0.1) is 5.41 Å². The fourth-order valence-corrected chi connectivity index (χ4v) is 3.97. The van der Waals surface area contributed by atoms with Crippen LogP contribution in [0.4, 0.5) is 0 Å². The molecule has 0 radical (unpaired) electrons. The third-order valence-electron chi connectivity index (χ3n) is 5.50. The third-order valence-corrected chi connectivity index (χ3v) is 5.50. The van der Waals surface area contributed by atoms with Gasteiger partial charge in [0.1, 0.15) is 5.82 Å². The number of fused-ring (bicyclic) bond motifs is 1. The van der Waals surface area contributed by atoms with Crippen molar-refractivity contribution in [2.75, 3.05) is 26.2 Å². The zero-order valence-electron chi connectivity index (χ0n) is 16.3. The molecule has 2 aromatic heterocycles. The SMILES string of the molecule is CCNC(=NCC1(CCO)CCCCC1)NCCc1nnc2ccccn12. The first-order valence-corrected chi connectivity index (χ1v) is 10.2. The number of aromatic nitrogens is 3. The van der Waals surface area contributed by atoms with Gasteiger partial charge in [0.05, 0.1) is 0 Å². The molecule has 0 saturated heterocycles. The van der Waals surface area contributed by atoms with Crippen LogP contribution in [0.3, 0.4) is 0 Å². The van der Waals surface area contributed by atoms with Gasteiger partial charge in [0.25, 0.3) is 0 Å². The highest BCUT2D eigenvalue weighted by atomic mass is 16.3. The summed E-state index contributed by atoms with van der Waals surface area (Å²) in [5, 5.41) is 24.7. The molecule has 0 bridgehead atoms. The van der Waals surface area contributed by atoms with Crippen molar-refractivity contribution in [2.24, 2.45) is 10.4 Å². The predicted octanol–water partition coefficient (Wildman–Crippen LogP) is 2.16. The van der Waals surface area contributed by atoms with Crippen molar-refractivity contribution in [3.8, 4) is 0 Å². The highest BCUT2D eigenvalue weighted by Crippen LogP contribution is 2.39. The topological polar surface area (TPSA) is 86.8 Å². The molecule has 0 unspecified atom stereocenters. The zero-order valence-corrected chi connectivity index (χ0v) is 16.3.